The first-order valence-corrected chi connectivity index (χ1v) is 4.95. The van der Waals surface area contributed by atoms with Crippen LogP contribution in [0.1, 0.15) is 33.6 Å². The summed E-state index contributed by atoms with van der Waals surface area (Å²) in [4.78, 5) is 28.9. The average molecular weight is 236 g/mol. The maximum absolute atomic E-state index is 10.2. The van der Waals surface area contributed by atoms with Gasteiger partial charge in [0.2, 0.25) is 0 Å². The van der Waals surface area contributed by atoms with Crippen LogP contribution in [0.5, 0.6) is 0 Å². The zero-order valence-corrected chi connectivity index (χ0v) is 9.49. The lowest BCUT2D eigenvalue weighted by atomic mass is 10.0. The first-order valence-electron chi connectivity index (χ1n) is 4.95. The van der Waals surface area contributed by atoms with E-state index in [9.17, 15) is 20.2 Å². The van der Waals surface area contributed by atoms with Gasteiger partial charge in [-0.05, 0) is 25.7 Å². The highest BCUT2D eigenvalue weighted by Crippen LogP contribution is 2.14. The zero-order valence-electron chi connectivity index (χ0n) is 9.49. The zero-order chi connectivity index (χ0) is 12.7. The maximum atomic E-state index is 10.2. The lowest BCUT2D eigenvalue weighted by Gasteiger charge is -2.20. The summed E-state index contributed by atoms with van der Waals surface area (Å²) >= 11 is 0. The van der Waals surface area contributed by atoms with E-state index in [2.05, 4.69) is 9.68 Å². The van der Waals surface area contributed by atoms with Crippen LogP contribution in [-0.4, -0.2) is 22.4 Å². The maximum Gasteiger partial charge on any atom is 0.294 e. The Bertz CT molecular complexity index is 245. The van der Waals surface area contributed by atoms with Gasteiger partial charge < -0.3 is 9.68 Å². The Morgan fingerprint density at radius 1 is 1.00 bits per heavy atom. The van der Waals surface area contributed by atoms with Crippen LogP contribution in [0.3, 0.4) is 0 Å². The van der Waals surface area contributed by atoms with Crippen molar-refractivity contribution in [3.8, 4) is 0 Å². The molecular formula is C8H16N2O6. The molecule has 0 N–H and O–H groups in total. The van der Waals surface area contributed by atoms with Crippen LogP contribution >= 0.6 is 0 Å². The van der Waals surface area contributed by atoms with Gasteiger partial charge in [-0.3, -0.25) is 0 Å². The molecule has 0 fully saturated rings. The van der Waals surface area contributed by atoms with E-state index in [1.54, 1.807) is 0 Å². The molecule has 0 heterocycles. The SMILES string of the molecule is CC(C)CCC(O[N+](=O)[O-])C(C)O[N+](=O)[O-]. The Balaban J connectivity index is 4.28. The number of hydrogen-bond donors (Lipinski definition) is 0. The molecule has 8 heteroatoms. The van der Waals surface area contributed by atoms with Crippen molar-refractivity contribution in [1.29, 1.82) is 0 Å². The fourth-order valence-electron chi connectivity index (χ4n) is 1.18. The van der Waals surface area contributed by atoms with Gasteiger partial charge in [-0.15, -0.1) is 20.2 Å². The Morgan fingerprint density at radius 2 is 1.50 bits per heavy atom. The van der Waals surface area contributed by atoms with Crippen LogP contribution in [-0.2, 0) is 9.68 Å². The molecule has 94 valence electrons. The van der Waals surface area contributed by atoms with Crippen molar-refractivity contribution in [1.82, 2.24) is 0 Å². The number of hydrogen-bond acceptors (Lipinski definition) is 6. The Labute approximate surface area is 92.7 Å². The largest absolute Gasteiger partial charge is 0.309 e. The topological polar surface area (TPSA) is 105 Å². The molecule has 0 radical (unpaired) electrons. The molecule has 0 aromatic rings. The van der Waals surface area contributed by atoms with E-state index in [0.29, 0.717) is 18.8 Å². The lowest BCUT2D eigenvalue weighted by molar-refractivity contribution is -0.798. The van der Waals surface area contributed by atoms with Gasteiger partial charge in [0.15, 0.2) is 0 Å². The van der Waals surface area contributed by atoms with Crippen molar-refractivity contribution >= 4 is 0 Å². The minimum absolute atomic E-state index is 0.334. The van der Waals surface area contributed by atoms with Crippen LogP contribution in [0.4, 0.5) is 0 Å². The van der Waals surface area contributed by atoms with Crippen LogP contribution in [0, 0.1) is 26.1 Å². The molecular weight excluding hydrogens is 220 g/mol. The van der Waals surface area contributed by atoms with Crippen molar-refractivity contribution < 1.29 is 19.8 Å². The molecule has 2 unspecified atom stereocenters. The first-order chi connectivity index (χ1) is 7.32. The van der Waals surface area contributed by atoms with E-state index in [4.69, 9.17) is 0 Å². The molecule has 0 aliphatic heterocycles. The standard InChI is InChI=1S/C8H16N2O6/c1-6(2)4-5-8(16-10(13)14)7(3)15-9(11)12/h6-8H,4-5H2,1-3H3. The number of rotatable bonds is 8. The van der Waals surface area contributed by atoms with Gasteiger partial charge >= 0.3 is 0 Å². The van der Waals surface area contributed by atoms with Gasteiger partial charge in [-0.25, -0.2) is 0 Å². The van der Waals surface area contributed by atoms with Gasteiger partial charge in [0.05, 0.1) is 0 Å². The van der Waals surface area contributed by atoms with Gasteiger partial charge in [-0.2, -0.15) is 0 Å². The smallest absolute Gasteiger partial charge is 0.294 e. The van der Waals surface area contributed by atoms with E-state index in [-0.39, 0.29) is 0 Å². The highest BCUT2D eigenvalue weighted by molar-refractivity contribution is 4.65. The van der Waals surface area contributed by atoms with E-state index >= 15 is 0 Å². The van der Waals surface area contributed by atoms with Gasteiger partial charge in [-0.1, -0.05) is 13.8 Å². The molecule has 0 bridgehead atoms. The van der Waals surface area contributed by atoms with E-state index < -0.39 is 22.4 Å². The van der Waals surface area contributed by atoms with Crippen molar-refractivity contribution in [3.63, 3.8) is 0 Å². The second-order valence-corrected chi connectivity index (χ2v) is 3.87. The summed E-state index contributed by atoms with van der Waals surface area (Å²) in [6.07, 6.45) is -0.862. The molecule has 0 spiro atoms. The third-order valence-corrected chi connectivity index (χ3v) is 2.03. The minimum atomic E-state index is -0.976. The third-order valence-electron chi connectivity index (χ3n) is 2.03. The van der Waals surface area contributed by atoms with Crippen molar-refractivity contribution in [2.24, 2.45) is 5.92 Å². The van der Waals surface area contributed by atoms with E-state index in [1.807, 2.05) is 13.8 Å². The summed E-state index contributed by atoms with van der Waals surface area (Å²) in [6.45, 7) is 5.27. The monoisotopic (exact) mass is 236 g/mol. The van der Waals surface area contributed by atoms with Gasteiger partial charge in [0, 0.05) is 0 Å². The summed E-state index contributed by atoms with van der Waals surface area (Å²) in [5.41, 5.74) is 0. The molecule has 0 rings (SSSR count). The first kappa shape index (κ1) is 14.4. The molecule has 2 atom stereocenters. The van der Waals surface area contributed by atoms with Gasteiger partial charge in [0.25, 0.3) is 10.2 Å². The highest BCUT2D eigenvalue weighted by atomic mass is 17.0. The Kier molecular flexibility index (Phi) is 6.12. The molecule has 0 aromatic carbocycles. The van der Waals surface area contributed by atoms with E-state index in [1.165, 1.54) is 6.92 Å². The van der Waals surface area contributed by atoms with Crippen LogP contribution in [0.25, 0.3) is 0 Å². The summed E-state index contributed by atoms with van der Waals surface area (Å²) in [5.74, 6) is 0.334. The van der Waals surface area contributed by atoms with Crippen molar-refractivity contribution in [3.05, 3.63) is 20.2 Å². The number of nitrogens with zero attached hydrogens (tertiary/aromatic N) is 2. The molecule has 16 heavy (non-hydrogen) atoms. The lowest BCUT2D eigenvalue weighted by Crippen LogP contribution is -2.33. The fourth-order valence-corrected chi connectivity index (χ4v) is 1.18. The second kappa shape index (κ2) is 6.81. The molecule has 0 saturated carbocycles. The highest BCUT2D eigenvalue weighted by Gasteiger charge is 2.24. The summed E-state index contributed by atoms with van der Waals surface area (Å²) in [5, 5.41) is 18.4. The normalized spacial score (nSPS) is 14.2. The quantitative estimate of drug-likeness (QED) is 0.468. The predicted octanol–water partition coefficient (Wildman–Crippen LogP) is 1.60. The Hall–Kier alpha value is -1.60. The molecule has 0 aliphatic rings. The molecule has 0 saturated heterocycles. The summed E-state index contributed by atoms with van der Waals surface area (Å²) in [7, 11) is 0. The average Bonchev–Trinajstić information content (AvgIpc) is 2.09. The third kappa shape index (κ3) is 6.80. The predicted molar refractivity (Wildman–Crippen MR) is 53.5 cm³/mol. The fraction of sp³-hybridized carbons (Fsp3) is 1.00. The minimum Gasteiger partial charge on any atom is -0.309 e. The van der Waals surface area contributed by atoms with Gasteiger partial charge in [0.1, 0.15) is 12.2 Å². The van der Waals surface area contributed by atoms with Crippen molar-refractivity contribution in [2.45, 2.75) is 45.8 Å². The van der Waals surface area contributed by atoms with Crippen LogP contribution in [0.15, 0.2) is 0 Å². The summed E-state index contributed by atoms with van der Waals surface area (Å²) < 4.78 is 0. The Morgan fingerprint density at radius 3 is 1.88 bits per heavy atom. The molecule has 0 aliphatic carbocycles. The van der Waals surface area contributed by atoms with Crippen LogP contribution in [0.2, 0.25) is 0 Å². The second-order valence-electron chi connectivity index (χ2n) is 3.87. The molecule has 8 nitrogen and oxygen atoms in total. The molecule has 0 aromatic heterocycles. The van der Waals surface area contributed by atoms with Crippen molar-refractivity contribution in [2.75, 3.05) is 0 Å². The molecule has 0 amide bonds. The van der Waals surface area contributed by atoms with E-state index in [0.717, 1.165) is 0 Å². The summed E-state index contributed by atoms with van der Waals surface area (Å²) in [6, 6.07) is 0. The van der Waals surface area contributed by atoms with Crippen LogP contribution < -0.4 is 0 Å².